The van der Waals surface area contributed by atoms with Crippen LogP contribution in [-0.2, 0) is 6.54 Å². The molecule has 2 fully saturated rings. The maximum absolute atomic E-state index is 5.49. The Morgan fingerprint density at radius 2 is 1.76 bits per heavy atom. The van der Waals surface area contributed by atoms with Crippen LogP contribution in [0.1, 0.15) is 49.7 Å². The Morgan fingerprint density at radius 3 is 2.48 bits per heavy atom. The molecular weight excluding hydrogens is 256 g/mol. The van der Waals surface area contributed by atoms with E-state index in [1.165, 1.54) is 57.2 Å². The van der Waals surface area contributed by atoms with E-state index in [1.807, 2.05) is 0 Å². The highest BCUT2D eigenvalue weighted by atomic mass is 15.1. The van der Waals surface area contributed by atoms with Gasteiger partial charge in [-0.1, -0.05) is 42.9 Å². The van der Waals surface area contributed by atoms with E-state index in [0.29, 0.717) is 12.0 Å². The molecule has 3 rings (SSSR count). The summed E-state index contributed by atoms with van der Waals surface area (Å²) < 4.78 is 0. The smallest absolute Gasteiger partial charge is 0.0555 e. The van der Waals surface area contributed by atoms with Crippen LogP contribution in [0.4, 0.5) is 0 Å². The van der Waals surface area contributed by atoms with Gasteiger partial charge in [0.1, 0.15) is 0 Å². The molecule has 1 aliphatic heterocycles. The zero-order valence-corrected chi connectivity index (χ0v) is 12.9. The first-order valence-corrected chi connectivity index (χ1v) is 8.31. The van der Waals surface area contributed by atoms with Crippen LogP contribution in [0.5, 0.6) is 0 Å². The van der Waals surface area contributed by atoms with Gasteiger partial charge in [-0.05, 0) is 55.8 Å². The third kappa shape index (κ3) is 3.48. The van der Waals surface area contributed by atoms with E-state index >= 15 is 0 Å². The largest absolute Gasteiger partial charge is 0.320 e. The quantitative estimate of drug-likeness (QED) is 0.844. The van der Waals surface area contributed by atoms with Crippen molar-refractivity contribution in [2.75, 3.05) is 19.6 Å². The van der Waals surface area contributed by atoms with Gasteiger partial charge >= 0.3 is 0 Å². The number of hydrogen-bond acceptors (Lipinski definition) is 2. The van der Waals surface area contributed by atoms with Crippen LogP contribution in [0, 0.1) is 17.3 Å². The zero-order valence-electron chi connectivity index (χ0n) is 12.9. The molecule has 0 bridgehead atoms. The highest BCUT2D eigenvalue weighted by molar-refractivity contribution is 5.41. The van der Waals surface area contributed by atoms with Crippen LogP contribution in [0.3, 0.4) is 0 Å². The summed E-state index contributed by atoms with van der Waals surface area (Å²) in [6.45, 7) is 3.96. The molecule has 1 heterocycles. The molecule has 2 N–H and O–H groups in total. The van der Waals surface area contributed by atoms with Crippen molar-refractivity contribution in [3.63, 3.8) is 0 Å². The van der Waals surface area contributed by atoms with Crippen molar-refractivity contribution in [1.82, 2.24) is 4.90 Å². The highest BCUT2D eigenvalue weighted by Gasteiger charge is 2.36. The van der Waals surface area contributed by atoms with Crippen LogP contribution < -0.4 is 5.73 Å². The van der Waals surface area contributed by atoms with Gasteiger partial charge in [0.25, 0.3) is 0 Å². The lowest BCUT2D eigenvalue weighted by Crippen LogP contribution is -2.38. The summed E-state index contributed by atoms with van der Waals surface area (Å²) in [6, 6.07) is 8.50. The molecule has 1 aromatic rings. The molecule has 2 heteroatoms. The standard InChI is InChI=1S/C19H26N2/c20-13-5-8-17-6-1-2-7-18(17)16-21-14-11-19(12-15-21)9-3-4-10-19/h1-2,6-7H,3-4,9-16,20H2. The van der Waals surface area contributed by atoms with Crippen molar-refractivity contribution in [3.8, 4) is 11.8 Å². The minimum Gasteiger partial charge on any atom is -0.320 e. The Balaban J connectivity index is 1.63. The molecule has 1 aromatic carbocycles. The van der Waals surface area contributed by atoms with Crippen LogP contribution in [-0.4, -0.2) is 24.5 Å². The van der Waals surface area contributed by atoms with Crippen LogP contribution in [0.25, 0.3) is 0 Å². The predicted molar refractivity (Wildman–Crippen MR) is 87.8 cm³/mol. The first-order valence-electron chi connectivity index (χ1n) is 8.31. The fourth-order valence-electron chi connectivity index (χ4n) is 3.98. The summed E-state index contributed by atoms with van der Waals surface area (Å²) in [5.74, 6) is 6.19. The molecule has 1 saturated carbocycles. The number of hydrogen-bond donors (Lipinski definition) is 1. The topological polar surface area (TPSA) is 29.3 Å². The number of piperidine rings is 1. The second-order valence-electron chi connectivity index (χ2n) is 6.65. The monoisotopic (exact) mass is 282 g/mol. The van der Waals surface area contributed by atoms with Gasteiger partial charge in [0, 0.05) is 12.1 Å². The summed E-state index contributed by atoms with van der Waals surface area (Å²) in [7, 11) is 0. The number of nitrogens with zero attached hydrogens (tertiary/aromatic N) is 1. The normalized spacial score (nSPS) is 21.2. The molecule has 0 atom stereocenters. The molecule has 1 spiro atoms. The van der Waals surface area contributed by atoms with Crippen molar-refractivity contribution in [1.29, 1.82) is 0 Å². The third-order valence-electron chi connectivity index (χ3n) is 5.32. The molecule has 0 aromatic heterocycles. The molecule has 2 nitrogen and oxygen atoms in total. The van der Waals surface area contributed by atoms with Crippen molar-refractivity contribution in [2.24, 2.45) is 11.1 Å². The zero-order chi connectivity index (χ0) is 14.5. The van der Waals surface area contributed by atoms with Crippen LogP contribution in [0.15, 0.2) is 24.3 Å². The van der Waals surface area contributed by atoms with Gasteiger partial charge in [0.2, 0.25) is 0 Å². The van der Waals surface area contributed by atoms with Crippen LogP contribution in [0.2, 0.25) is 0 Å². The molecule has 0 radical (unpaired) electrons. The first-order chi connectivity index (χ1) is 10.3. The Kier molecular flexibility index (Phi) is 4.63. The van der Waals surface area contributed by atoms with Gasteiger partial charge in [-0.25, -0.2) is 0 Å². The van der Waals surface area contributed by atoms with Crippen molar-refractivity contribution >= 4 is 0 Å². The second-order valence-corrected chi connectivity index (χ2v) is 6.65. The summed E-state index contributed by atoms with van der Waals surface area (Å²) in [6.07, 6.45) is 8.64. The summed E-state index contributed by atoms with van der Waals surface area (Å²) in [5.41, 5.74) is 8.69. The molecular formula is C19H26N2. The van der Waals surface area contributed by atoms with E-state index in [1.54, 1.807) is 0 Å². The molecule has 2 aliphatic rings. The average molecular weight is 282 g/mol. The SMILES string of the molecule is NCC#Cc1ccccc1CN1CCC2(CCCC2)CC1. The van der Waals surface area contributed by atoms with Crippen LogP contribution >= 0.6 is 0 Å². The summed E-state index contributed by atoms with van der Waals surface area (Å²) >= 11 is 0. The molecule has 112 valence electrons. The Bertz CT molecular complexity index is 522. The number of likely N-dealkylation sites (tertiary alicyclic amines) is 1. The molecule has 21 heavy (non-hydrogen) atoms. The highest BCUT2D eigenvalue weighted by Crippen LogP contribution is 2.46. The van der Waals surface area contributed by atoms with E-state index in [0.717, 1.165) is 12.1 Å². The van der Waals surface area contributed by atoms with Crippen molar-refractivity contribution < 1.29 is 0 Å². The van der Waals surface area contributed by atoms with Gasteiger partial charge in [-0.2, -0.15) is 0 Å². The average Bonchev–Trinajstić information content (AvgIpc) is 2.97. The van der Waals surface area contributed by atoms with E-state index in [2.05, 4.69) is 41.0 Å². The maximum Gasteiger partial charge on any atom is 0.0555 e. The number of nitrogens with two attached hydrogens (primary N) is 1. The molecule has 0 amide bonds. The maximum atomic E-state index is 5.49. The van der Waals surface area contributed by atoms with Crippen molar-refractivity contribution in [3.05, 3.63) is 35.4 Å². The van der Waals surface area contributed by atoms with Gasteiger partial charge in [0.15, 0.2) is 0 Å². The van der Waals surface area contributed by atoms with Gasteiger partial charge in [0.05, 0.1) is 6.54 Å². The Hall–Kier alpha value is -1.30. The van der Waals surface area contributed by atoms with Gasteiger partial charge in [-0.3, -0.25) is 4.90 Å². The van der Waals surface area contributed by atoms with E-state index < -0.39 is 0 Å². The Morgan fingerprint density at radius 1 is 1.05 bits per heavy atom. The Labute approximate surface area is 128 Å². The predicted octanol–water partition coefficient (Wildman–Crippen LogP) is 3.15. The molecule has 1 aliphatic carbocycles. The first kappa shape index (κ1) is 14.6. The third-order valence-corrected chi connectivity index (χ3v) is 5.32. The molecule has 0 unspecified atom stereocenters. The lowest BCUT2D eigenvalue weighted by atomic mass is 9.77. The van der Waals surface area contributed by atoms with Gasteiger partial charge < -0.3 is 5.73 Å². The number of benzene rings is 1. The fraction of sp³-hybridized carbons (Fsp3) is 0.579. The second kappa shape index (κ2) is 6.64. The fourth-order valence-corrected chi connectivity index (χ4v) is 3.98. The van der Waals surface area contributed by atoms with E-state index in [4.69, 9.17) is 5.73 Å². The minimum atomic E-state index is 0.431. The summed E-state index contributed by atoms with van der Waals surface area (Å²) in [4.78, 5) is 2.60. The lowest BCUT2D eigenvalue weighted by molar-refractivity contribution is 0.103. The van der Waals surface area contributed by atoms with Crippen molar-refractivity contribution in [2.45, 2.75) is 45.1 Å². The van der Waals surface area contributed by atoms with E-state index in [9.17, 15) is 0 Å². The minimum absolute atomic E-state index is 0.431. The van der Waals surface area contributed by atoms with Gasteiger partial charge in [-0.15, -0.1) is 0 Å². The summed E-state index contributed by atoms with van der Waals surface area (Å²) in [5, 5.41) is 0. The lowest BCUT2D eigenvalue weighted by Gasteiger charge is -2.39. The molecule has 1 saturated heterocycles. The van der Waals surface area contributed by atoms with E-state index in [-0.39, 0.29) is 0 Å². The number of rotatable bonds is 2.